The molecule has 13 atom stereocenters. The molecule has 3 rings (SSSR count). The van der Waals surface area contributed by atoms with Crippen molar-refractivity contribution in [2.75, 3.05) is 39.8 Å². The van der Waals surface area contributed by atoms with E-state index in [-0.39, 0.29) is 25.9 Å². The summed E-state index contributed by atoms with van der Waals surface area (Å²) in [5, 5.41) is 71.3. The van der Waals surface area contributed by atoms with Gasteiger partial charge in [-0.15, -0.1) is 0 Å². The number of carbonyl (C=O) groups is 5. The predicted molar refractivity (Wildman–Crippen MR) is 256 cm³/mol. The van der Waals surface area contributed by atoms with Crippen LogP contribution in [0.15, 0.2) is 11.8 Å². The molecule has 2 aliphatic heterocycles. The van der Waals surface area contributed by atoms with Crippen molar-refractivity contribution in [3.63, 3.8) is 0 Å². The number of nitrogens with two attached hydrogens (primary N) is 1. The minimum absolute atomic E-state index is 0.113. The zero-order valence-electron chi connectivity index (χ0n) is 44.0. The molecule has 0 aromatic carbocycles. The van der Waals surface area contributed by atoms with Gasteiger partial charge in [0.1, 0.15) is 58.2 Å². The highest BCUT2D eigenvalue weighted by Crippen LogP contribution is 2.39. The molecular formula is C47H85N7O17. The Morgan fingerprint density at radius 2 is 1.37 bits per heavy atom. The van der Waals surface area contributed by atoms with Crippen molar-refractivity contribution in [2.24, 2.45) is 11.7 Å². The number of amides is 5. The van der Waals surface area contributed by atoms with Gasteiger partial charge in [0.15, 0.2) is 6.29 Å². The first-order valence-corrected chi connectivity index (χ1v) is 24.2. The molecule has 5 amide bonds. The van der Waals surface area contributed by atoms with Crippen LogP contribution < -0.4 is 32.3 Å². The van der Waals surface area contributed by atoms with Crippen molar-refractivity contribution in [1.82, 2.24) is 31.5 Å². The standard InChI is InChI=1S/C47H85N7O17/c1-43(2,3)68-39(60)50-23-30(56)37(59)51-29-20-28(53-41(62)70-45(7,8)9)31(32(57)35(29)67-38-33(58)36(47(13,64)24-65-38)54(14)42(63)71-46(10,11)12)34-27(52-40(61)69-44(4,5)6)18-17-26(66-34)22-49-19-15-16-25(55)21-48/h17,25,27-36,38,49,55-58,64H,15-16,18-24,48H2,1-14H3,(H,50,60)(H,51,59)(H,52,61)(H,53,62)/t25?,27-,28+,29-,30+,31?,32+,33-,34+,35+,36-,38-,47+/m1/s1. The van der Waals surface area contributed by atoms with Crippen molar-refractivity contribution < 1.29 is 82.7 Å². The molecule has 24 heteroatoms. The summed E-state index contributed by atoms with van der Waals surface area (Å²) in [7, 11) is 1.31. The van der Waals surface area contributed by atoms with Gasteiger partial charge in [0.2, 0.25) is 0 Å². The van der Waals surface area contributed by atoms with Crippen LogP contribution >= 0.6 is 0 Å². The minimum atomic E-state index is -1.89. The van der Waals surface area contributed by atoms with E-state index >= 15 is 0 Å². The number of likely N-dealkylation sites (N-methyl/N-ethyl adjacent to an activating group) is 1. The molecule has 410 valence electrons. The monoisotopic (exact) mass is 1020 g/mol. The normalized spacial score (nSPS) is 29.2. The molecular weight excluding hydrogens is 935 g/mol. The molecule has 2 fully saturated rings. The molecule has 24 nitrogen and oxygen atoms in total. The Morgan fingerprint density at radius 3 is 1.92 bits per heavy atom. The van der Waals surface area contributed by atoms with Crippen molar-refractivity contribution in [2.45, 2.75) is 211 Å². The van der Waals surface area contributed by atoms with Gasteiger partial charge >= 0.3 is 24.4 Å². The zero-order chi connectivity index (χ0) is 54.0. The van der Waals surface area contributed by atoms with Gasteiger partial charge in [-0.3, -0.25) is 4.79 Å². The second kappa shape index (κ2) is 25.1. The third-order valence-electron chi connectivity index (χ3n) is 11.3. The van der Waals surface area contributed by atoms with E-state index in [1.165, 1.54) is 14.0 Å². The van der Waals surface area contributed by atoms with Gasteiger partial charge in [-0.05, 0) is 128 Å². The number of hydrogen-bond donors (Lipinski definition) is 11. The average Bonchev–Trinajstić information content (AvgIpc) is 3.19. The Kier molecular flexibility index (Phi) is 21.6. The maximum absolute atomic E-state index is 13.9. The lowest BCUT2D eigenvalue weighted by Gasteiger charge is -2.52. The van der Waals surface area contributed by atoms with Gasteiger partial charge in [0.25, 0.3) is 5.91 Å². The fourth-order valence-corrected chi connectivity index (χ4v) is 8.35. The Morgan fingerprint density at radius 1 is 0.817 bits per heavy atom. The third kappa shape index (κ3) is 19.9. The average molecular weight is 1020 g/mol. The highest BCUT2D eigenvalue weighted by Gasteiger charge is 2.56. The van der Waals surface area contributed by atoms with Crippen LogP contribution in [0.2, 0.25) is 0 Å². The van der Waals surface area contributed by atoms with Crippen LogP contribution in [0.3, 0.4) is 0 Å². The number of aliphatic hydroxyl groups is 5. The number of aliphatic hydroxyl groups excluding tert-OH is 4. The van der Waals surface area contributed by atoms with Gasteiger partial charge in [-0.1, -0.05) is 0 Å². The number of alkyl carbamates (subject to hydrolysis) is 3. The van der Waals surface area contributed by atoms with Crippen molar-refractivity contribution in [3.8, 4) is 0 Å². The summed E-state index contributed by atoms with van der Waals surface area (Å²) in [4.78, 5) is 67.9. The zero-order valence-corrected chi connectivity index (χ0v) is 44.0. The Hall–Kier alpha value is -4.27. The van der Waals surface area contributed by atoms with Gasteiger partial charge in [-0.25, -0.2) is 19.2 Å². The maximum atomic E-state index is 13.9. The van der Waals surface area contributed by atoms with Gasteiger partial charge in [0, 0.05) is 25.6 Å². The van der Waals surface area contributed by atoms with E-state index in [0.29, 0.717) is 25.1 Å². The summed E-state index contributed by atoms with van der Waals surface area (Å²) >= 11 is 0. The van der Waals surface area contributed by atoms with E-state index in [1.807, 2.05) is 0 Å². The van der Waals surface area contributed by atoms with E-state index in [9.17, 15) is 49.5 Å². The third-order valence-corrected chi connectivity index (χ3v) is 11.3. The van der Waals surface area contributed by atoms with E-state index in [1.54, 1.807) is 89.2 Å². The number of carbonyl (C=O) groups excluding carboxylic acids is 5. The molecule has 2 heterocycles. The minimum Gasteiger partial charge on any atom is -0.491 e. The highest BCUT2D eigenvalue weighted by atomic mass is 16.7. The number of hydrogen-bond acceptors (Lipinski definition) is 19. The molecule has 2 unspecified atom stereocenters. The topological polar surface area (TPSA) is 341 Å². The summed E-state index contributed by atoms with van der Waals surface area (Å²) in [6, 6.07) is -4.90. The molecule has 0 aromatic heterocycles. The SMILES string of the molecule is CN(C(=O)OC(C)(C)C)[C@@H]1[C@@H](O)[C@@H](O[C@H]2[C@H](NC(=O)[C@@H](O)CNC(=O)OC(C)(C)C)C[C@H](NC(=O)OC(C)(C)C)C([C@H]3OC(CNCCCC(O)CN)=CC[C@H]3NC(=O)OC(C)(C)C)[C@@H]2O)OC[C@]1(C)O. The first-order chi connectivity index (χ1) is 32.5. The molecule has 3 aliphatic rings. The number of nitrogens with one attached hydrogen (secondary N) is 5. The lowest BCUT2D eigenvalue weighted by atomic mass is 9.72. The quantitative estimate of drug-likeness (QED) is 0.0714. The summed E-state index contributed by atoms with van der Waals surface area (Å²) in [6.45, 7) is 20.8. The summed E-state index contributed by atoms with van der Waals surface area (Å²) in [6.07, 6.45) is -11.7. The summed E-state index contributed by atoms with van der Waals surface area (Å²) in [5.41, 5.74) is -0.0744. The molecule has 1 saturated heterocycles. The maximum Gasteiger partial charge on any atom is 0.410 e. The van der Waals surface area contributed by atoms with Crippen molar-refractivity contribution in [1.29, 1.82) is 0 Å². The Bertz CT molecular complexity index is 1810. The van der Waals surface area contributed by atoms with Crippen molar-refractivity contribution in [3.05, 3.63) is 11.8 Å². The van der Waals surface area contributed by atoms with E-state index < -0.39 is 144 Å². The van der Waals surface area contributed by atoms with E-state index in [2.05, 4.69) is 26.6 Å². The van der Waals surface area contributed by atoms with Crippen LogP contribution in [0.5, 0.6) is 0 Å². The first-order valence-electron chi connectivity index (χ1n) is 24.2. The number of rotatable bonds is 17. The van der Waals surface area contributed by atoms with Gasteiger partial charge in [0.05, 0.1) is 50.0 Å². The number of nitrogens with zero attached hydrogens (tertiary/aromatic N) is 1. The molecule has 0 bridgehead atoms. The van der Waals surface area contributed by atoms with E-state index in [4.69, 9.17) is 38.9 Å². The van der Waals surface area contributed by atoms with Crippen LogP contribution in [0.4, 0.5) is 19.2 Å². The van der Waals surface area contributed by atoms with Crippen LogP contribution in [-0.2, 0) is 38.0 Å². The molecule has 12 N–H and O–H groups in total. The Labute approximate surface area is 417 Å². The van der Waals surface area contributed by atoms with Gasteiger partial charge in [-0.2, -0.15) is 0 Å². The molecule has 1 saturated carbocycles. The van der Waals surface area contributed by atoms with Crippen LogP contribution in [0, 0.1) is 5.92 Å². The molecule has 71 heavy (non-hydrogen) atoms. The Balaban J connectivity index is 2.17. The summed E-state index contributed by atoms with van der Waals surface area (Å²) in [5.74, 6) is -1.91. The molecule has 1 aliphatic carbocycles. The second-order valence-electron chi connectivity index (χ2n) is 22.7. The van der Waals surface area contributed by atoms with Crippen molar-refractivity contribution >= 4 is 30.3 Å². The lowest BCUT2D eigenvalue weighted by Crippen LogP contribution is -2.71. The molecule has 0 spiro atoms. The van der Waals surface area contributed by atoms with Crippen LogP contribution in [0.25, 0.3) is 0 Å². The lowest BCUT2D eigenvalue weighted by molar-refractivity contribution is -0.305. The van der Waals surface area contributed by atoms with Crippen LogP contribution in [0.1, 0.15) is 116 Å². The highest BCUT2D eigenvalue weighted by molar-refractivity contribution is 5.82. The smallest absolute Gasteiger partial charge is 0.410 e. The fraction of sp³-hybridized carbons (Fsp3) is 0.851. The fourth-order valence-electron chi connectivity index (χ4n) is 8.35. The van der Waals surface area contributed by atoms with Gasteiger partial charge < -0.3 is 95.9 Å². The van der Waals surface area contributed by atoms with Crippen LogP contribution in [-0.4, -0.2) is 196 Å². The molecule has 0 aromatic rings. The molecule has 0 radical (unpaired) electrons. The second-order valence-corrected chi connectivity index (χ2v) is 22.7. The van der Waals surface area contributed by atoms with E-state index in [0.717, 1.165) is 4.90 Å². The first kappa shape index (κ1) is 61.0. The summed E-state index contributed by atoms with van der Waals surface area (Å²) < 4.78 is 41.1. The number of ether oxygens (including phenoxy) is 7. The largest absolute Gasteiger partial charge is 0.491 e. The predicted octanol–water partition coefficient (Wildman–Crippen LogP) is 0.975.